The average Bonchev–Trinajstić information content (AvgIpc) is 2.94. The van der Waals surface area contributed by atoms with Crippen molar-refractivity contribution in [2.24, 2.45) is 11.8 Å². The molecule has 0 aliphatic carbocycles. The minimum absolute atomic E-state index is 0.168. The van der Waals surface area contributed by atoms with Gasteiger partial charge in [0.2, 0.25) is 5.91 Å². The molecule has 0 spiro atoms. The van der Waals surface area contributed by atoms with Crippen LogP contribution in [0.4, 0.5) is 0 Å². The number of amides is 1. The van der Waals surface area contributed by atoms with Gasteiger partial charge in [-0.2, -0.15) is 0 Å². The number of carbonyl (C=O) groups excluding carboxylic acids is 1. The van der Waals surface area contributed by atoms with E-state index in [0.29, 0.717) is 11.8 Å². The topological polar surface area (TPSA) is 32.3 Å². The summed E-state index contributed by atoms with van der Waals surface area (Å²) < 4.78 is 0. The fourth-order valence-electron chi connectivity index (χ4n) is 3.16. The first-order chi connectivity index (χ1) is 9.75. The van der Waals surface area contributed by atoms with Crippen molar-refractivity contribution < 1.29 is 4.79 Å². The minimum atomic E-state index is 0.168. The van der Waals surface area contributed by atoms with Gasteiger partial charge in [-0.3, -0.25) is 4.79 Å². The molecular weight excluding hydrogens is 248 g/mol. The first kappa shape index (κ1) is 13.4. The average molecular weight is 270 g/mol. The lowest BCUT2D eigenvalue weighted by atomic mass is 9.94. The van der Waals surface area contributed by atoms with Crippen molar-refractivity contribution in [2.45, 2.75) is 13.3 Å². The Morgan fingerprint density at radius 1 is 1.25 bits per heavy atom. The summed E-state index contributed by atoms with van der Waals surface area (Å²) in [7, 11) is 0. The summed E-state index contributed by atoms with van der Waals surface area (Å²) in [5.41, 5.74) is 2.66. The van der Waals surface area contributed by atoms with E-state index in [1.165, 1.54) is 11.1 Å². The Morgan fingerprint density at radius 2 is 2.05 bits per heavy atom. The molecule has 1 saturated heterocycles. The molecule has 106 valence electrons. The molecule has 2 aliphatic rings. The number of rotatable bonds is 2. The van der Waals surface area contributed by atoms with Crippen molar-refractivity contribution in [1.29, 1.82) is 0 Å². The van der Waals surface area contributed by atoms with Crippen LogP contribution >= 0.6 is 0 Å². The van der Waals surface area contributed by atoms with E-state index < -0.39 is 0 Å². The van der Waals surface area contributed by atoms with Crippen molar-refractivity contribution in [2.75, 3.05) is 26.2 Å². The van der Waals surface area contributed by atoms with E-state index in [9.17, 15) is 4.79 Å². The zero-order valence-corrected chi connectivity index (χ0v) is 12.0. The first-order valence-corrected chi connectivity index (χ1v) is 7.49. The Hall–Kier alpha value is -1.61. The monoisotopic (exact) mass is 270 g/mol. The fourth-order valence-corrected chi connectivity index (χ4v) is 3.16. The van der Waals surface area contributed by atoms with Crippen molar-refractivity contribution in [1.82, 2.24) is 10.2 Å². The van der Waals surface area contributed by atoms with Crippen molar-refractivity contribution >= 4 is 11.5 Å². The summed E-state index contributed by atoms with van der Waals surface area (Å²) in [5, 5.41) is 3.31. The van der Waals surface area contributed by atoms with Gasteiger partial charge in [0.25, 0.3) is 0 Å². The van der Waals surface area contributed by atoms with Gasteiger partial charge in [-0.15, -0.1) is 0 Å². The van der Waals surface area contributed by atoms with Gasteiger partial charge in [0.1, 0.15) is 0 Å². The number of nitrogens with one attached hydrogen (secondary N) is 1. The molecule has 1 N–H and O–H groups in total. The van der Waals surface area contributed by atoms with Crippen molar-refractivity contribution in [3.05, 3.63) is 42.0 Å². The Morgan fingerprint density at radius 3 is 2.65 bits per heavy atom. The smallest absolute Gasteiger partial charge is 0.227 e. The third-order valence-corrected chi connectivity index (χ3v) is 4.50. The van der Waals surface area contributed by atoms with Crippen LogP contribution in [-0.4, -0.2) is 37.0 Å². The van der Waals surface area contributed by atoms with Crippen LogP contribution in [0.2, 0.25) is 0 Å². The van der Waals surface area contributed by atoms with Crippen LogP contribution in [0, 0.1) is 11.8 Å². The first-order valence-electron chi connectivity index (χ1n) is 7.49. The minimum Gasteiger partial charge on any atom is -0.338 e. The van der Waals surface area contributed by atoms with Crippen LogP contribution in [0.5, 0.6) is 0 Å². The summed E-state index contributed by atoms with van der Waals surface area (Å²) in [4.78, 5) is 14.5. The van der Waals surface area contributed by atoms with Crippen molar-refractivity contribution in [3.63, 3.8) is 0 Å². The maximum absolute atomic E-state index is 12.5. The molecule has 3 nitrogen and oxygen atoms in total. The molecular formula is C17H22N2O. The Balaban J connectivity index is 1.66. The quantitative estimate of drug-likeness (QED) is 0.893. The number of carbonyl (C=O) groups is 1. The van der Waals surface area contributed by atoms with Crippen LogP contribution < -0.4 is 5.32 Å². The zero-order valence-electron chi connectivity index (χ0n) is 12.0. The molecule has 20 heavy (non-hydrogen) atoms. The molecule has 1 aromatic rings. The van der Waals surface area contributed by atoms with Crippen LogP contribution in [0.3, 0.4) is 0 Å². The SMILES string of the molecule is C[C@@H]1CNC[C@H]1C(=O)N1CC=C(c2ccccc2)CC1. The van der Waals surface area contributed by atoms with Crippen LogP contribution in [0.15, 0.2) is 36.4 Å². The molecule has 1 fully saturated rings. The summed E-state index contributed by atoms with van der Waals surface area (Å²) in [6.07, 6.45) is 3.17. The molecule has 0 saturated carbocycles. The maximum Gasteiger partial charge on any atom is 0.227 e. The van der Waals surface area contributed by atoms with E-state index in [0.717, 1.165) is 32.6 Å². The van der Waals surface area contributed by atoms with Crippen LogP contribution in [0.25, 0.3) is 5.57 Å². The largest absolute Gasteiger partial charge is 0.338 e. The fraction of sp³-hybridized carbons (Fsp3) is 0.471. The second-order valence-corrected chi connectivity index (χ2v) is 5.87. The Kier molecular flexibility index (Phi) is 3.88. The Bertz CT molecular complexity index is 509. The van der Waals surface area contributed by atoms with E-state index in [4.69, 9.17) is 0 Å². The third-order valence-electron chi connectivity index (χ3n) is 4.50. The number of hydrogen-bond donors (Lipinski definition) is 1. The molecule has 0 bridgehead atoms. The second-order valence-electron chi connectivity index (χ2n) is 5.87. The van der Waals surface area contributed by atoms with Gasteiger partial charge in [-0.25, -0.2) is 0 Å². The standard InChI is InChI=1S/C17H22N2O/c1-13-11-18-12-16(13)17(20)19-9-7-15(8-10-19)14-5-3-2-4-6-14/h2-7,13,16,18H,8-12H2,1H3/t13-,16-/m1/s1. The van der Waals surface area contributed by atoms with E-state index >= 15 is 0 Å². The number of hydrogen-bond acceptors (Lipinski definition) is 2. The number of nitrogens with zero attached hydrogens (tertiary/aromatic N) is 1. The lowest BCUT2D eigenvalue weighted by Gasteiger charge is -2.30. The molecule has 0 aromatic heterocycles. The zero-order chi connectivity index (χ0) is 13.9. The normalized spacial score (nSPS) is 26.4. The van der Waals surface area contributed by atoms with Crippen LogP contribution in [-0.2, 0) is 4.79 Å². The molecule has 2 heterocycles. The van der Waals surface area contributed by atoms with E-state index in [-0.39, 0.29) is 5.92 Å². The predicted molar refractivity (Wildman–Crippen MR) is 81.1 cm³/mol. The van der Waals surface area contributed by atoms with Gasteiger partial charge < -0.3 is 10.2 Å². The highest BCUT2D eigenvalue weighted by Gasteiger charge is 2.33. The molecule has 3 rings (SSSR count). The van der Waals surface area contributed by atoms with Gasteiger partial charge >= 0.3 is 0 Å². The van der Waals surface area contributed by atoms with E-state index in [2.05, 4.69) is 42.6 Å². The van der Waals surface area contributed by atoms with Gasteiger partial charge in [0.05, 0.1) is 5.92 Å². The van der Waals surface area contributed by atoms with Gasteiger partial charge in [0.15, 0.2) is 0 Å². The molecule has 3 heteroatoms. The summed E-state index contributed by atoms with van der Waals surface area (Å²) >= 11 is 0. The lowest BCUT2D eigenvalue weighted by Crippen LogP contribution is -2.41. The molecule has 2 aliphatic heterocycles. The number of benzene rings is 1. The highest BCUT2D eigenvalue weighted by Crippen LogP contribution is 2.25. The Labute approximate surface area is 120 Å². The molecule has 2 atom stereocenters. The van der Waals surface area contributed by atoms with Gasteiger partial charge in [0, 0.05) is 19.6 Å². The van der Waals surface area contributed by atoms with Gasteiger partial charge in [-0.1, -0.05) is 43.3 Å². The summed E-state index contributed by atoms with van der Waals surface area (Å²) in [5.74, 6) is 0.953. The molecule has 1 amide bonds. The molecule has 0 radical (unpaired) electrons. The van der Waals surface area contributed by atoms with Crippen LogP contribution in [0.1, 0.15) is 18.9 Å². The van der Waals surface area contributed by atoms with Gasteiger partial charge in [-0.05, 0) is 30.0 Å². The summed E-state index contributed by atoms with van der Waals surface area (Å²) in [6.45, 7) is 5.58. The van der Waals surface area contributed by atoms with E-state index in [1.54, 1.807) is 0 Å². The third kappa shape index (κ3) is 2.63. The van der Waals surface area contributed by atoms with Crippen molar-refractivity contribution in [3.8, 4) is 0 Å². The second kappa shape index (κ2) is 5.80. The van der Waals surface area contributed by atoms with E-state index in [1.807, 2.05) is 11.0 Å². The molecule has 0 unspecified atom stereocenters. The molecule has 1 aromatic carbocycles. The highest BCUT2D eigenvalue weighted by atomic mass is 16.2. The predicted octanol–water partition coefficient (Wildman–Crippen LogP) is 2.16. The lowest BCUT2D eigenvalue weighted by molar-refractivity contribution is -0.135. The maximum atomic E-state index is 12.5. The highest BCUT2D eigenvalue weighted by molar-refractivity contribution is 5.81. The summed E-state index contributed by atoms with van der Waals surface area (Å²) in [6, 6.07) is 10.5.